The first-order valence-electron chi connectivity index (χ1n) is 5.92. The second-order valence-corrected chi connectivity index (χ2v) is 3.99. The van der Waals surface area contributed by atoms with Crippen LogP contribution < -0.4 is 11.5 Å². The van der Waals surface area contributed by atoms with Gasteiger partial charge in [0.05, 0.1) is 6.54 Å². The Morgan fingerprint density at radius 1 is 1.21 bits per heavy atom. The second-order valence-electron chi connectivity index (χ2n) is 3.99. The molecule has 0 radical (unpaired) electrons. The molecule has 19 heavy (non-hydrogen) atoms. The highest BCUT2D eigenvalue weighted by Gasteiger charge is 2.19. The molecule has 0 aliphatic rings. The summed E-state index contributed by atoms with van der Waals surface area (Å²) in [6, 6.07) is 8.52. The first-order chi connectivity index (χ1) is 9.02. The van der Waals surface area contributed by atoms with Crippen molar-refractivity contribution in [2.24, 2.45) is 11.5 Å². The largest absolute Gasteiger partial charge is 0.425 e. The first-order valence-corrected chi connectivity index (χ1v) is 5.92. The lowest BCUT2D eigenvalue weighted by Crippen LogP contribution is -2.37. The van der Waals surface area contributed by atoms with Crippen LogP contribution in [0.1, 0.15) is 12.5 Å². The van der Waals surface area contributed by atoms with Crippen LogP contribution in [0.3, 0.4) is 0 Å². The molecular weight excluding hydrogens is 248 g/mol. The van der Waals surface area contributed by atoms with Crippen molar-refractivity contribution in [3.63, 3.8) is 0 Å². The third-order valence-electron chi connectivity index (χ3n) is 2.35. The van der Waals surface area contributed by atoms with Crippen molar-refractivity contribution in [3.05, 3.63) is 35.9 Å². The van der Waals surface area contributed by atoms with Gasteiger partial charge in [-0.2, -0.15) is 0 Å². The summed E-state index contributed by atoms with van der Waals surface area (Å²) in [5.74, 6) is -1.27. The van der Waals surface area contributed by atoms with Crippen molar-refractivity contribution >= 4 is 11.9 Å². The van der Waals surface area contributed by atoms with Crippen molar-refractivity contribution in [1.29, 1.82) is 0 Å². The van der Waals surface area contributed by atoms with E-state index in [-0.39, 0.29) is 6.54 Å². The lowest BCUT2D eigenvalue weighted by Gasteiger charge is -2.16. The minimum atomic E-state index is -0.995. The number of nitrogens with two attached hydrogens (primary N) is 2. The number of ether oxygens (including phenoxy) is 2. The minimum Gasteiger partial charge on any atom is -0.425 e. The van der Waals surface area contributed by atoms with Crippen LogP contribution in [-0.2, 0) is 25.5 Å². The van der Waals surface area contributed by atoms with Crippen molar-refractivity contribution in [1.82, 2.24) is 0 Å². The number of hydrogen-bond acceptors (Lipinski definition) is 6. The average Bonchev–Trinajstić information content (AvgIpc) is 2.39. The van der Waals surface area contributed by atoms with Crippen molar-refractivity contribution in [2.45, 2.75) is 25.7 Å². The van der Waals surface area contributed by atoms with Crippen LogP contribution in [0, 0.1) is 0 Å². The summed E-state index contributed by atoms with van der Waals surface area (Å²) < 4.78 is 9.60. The fraction of sp³-hybridized carbons (Fsp3) is 0.385. The number of carbonyl (C=O) groups excluding carboxylic acids is 2. The zero-order valence-electron chi connectivity index (χ0n) is 10.7. The van der Waals surface area contributed by atoms with E-state index in [4.69, 9.17) is 20.9 Å². The van der Waals surface area contributed by atoms with Gasteiger partial charge in [0.15, 0.2) is 0 Å². The molecule has 104 valence electrons. The molecule has 2 unspecified atom stereocenters. The summed E-state index contributed by atoms with van der Waals surface area (Å²) in [6.45, 7) is 1.17. The molecule has 1 rings (SSSR count). The van der Waals surface area contributed by atoms with Gasteiger partial charge in [0, 0.05) is 6.92 Å². The molecule has 0 saturated heterocycles. The van der Waals surface area contributed by atoms with Crippen molar-refractivity contribution in [3.8, 4) is 0 Å². The summed E-state index contributed by atoms with van der Waals surface area (Å²) in [7, 11) is 0. The van der Waals surface area contributed by atoms with E-state index >= 15 is 0 Å². The first kappa shape index (κ1) is 15.1. The predicted octanol–water partition coefficient (Wildman–Crippen LogP) is -0.0525. The van der Waals surface area contributed by atoms with Gasteiger partial charge < -0.3 is 20.9 Å². The molecule has 0 aromatic heterocycles. The van der Waals surface area contributed by atoms with E-state index in [1.807, 2.05) is 30.3 Å². The second kappa shape index (κ2) is 7.50. The molecule has 6 nitrogen and oxygen atoms in total. The Kier molecular flexibility index (Phi) is 5.98. The number of rotatable bonds is 6. The van der Waals surface area contributed by atoms with E-state index in [1.54, 1.807) is 0 Å². The maximum atomic E-state index is 11.7. The van der Waals surface area contributed by atoms with Gasteiger partial charge in [-0.3, -0.25) is 9.59 Å². The van der Waals surface area contributed by atoms with Crippen LogP contribution in [0.4, 0.5) is 0 Å². The minimum absolute atomic E-state index is 0.266. The highest BCUT2D eigenvalue weighted by Crippen LogP contribution is 2.04. The summed E-state index contributed by atoms with van der Waals surface area (Å²) in [5, 5.41) is 0. The van der Waals surface area contributed by atoms with Gasteiger partial charge in [-0.15, -0.1) is 0 Å². The molecule has 0 heterocycles. The molecule has 1 aromatic carbocycles. The molecule has 4 N–H and O–H groups in total. The van der Waals surface area contributed by atoms with Crippen molar-refractivity contribution in [2.75, 3.05) is 6.54 Å². The fourth-order valence-corrected chi connectivity index (χ4v) is 1.46. The zero-order chi connectivity index (χ0) is 14.3. The normalized spacial score (nSPS) is 13.4. The third kappa shape index (κ3) is 5.50. The summed E-state index contributed by atoms with van der Waals surface area (Å²) in [5.41, 5.74) is 11.7. The van der Waals surface area contributed by atoms with Gasteiger partial charge in [-0.25, -0.2) is 0 Å². The van der Waals surface area contributed by atoms with Gasteiger partial charge in [0.25, 0.3) is 0 Å². The summed E-state index contributed by atoms with van der Waals surface area (Å²) in [4.78, 5) is 22.6. The Labute approximate surface area is 111 Å². The quantitative estimate of drug-likeness (QED) is 0.552. The molecule has 0 spiro atoms. The molecule has 0 bridgehead atoms. The van der Waals surface area contributed by atoms with Crippen LogP contribution in [0.2, 0.25) is 0 Å². The van der Waals surface area contributed by atoms with Gasteiger partial charge in [-0.1, -0.05) is 30.3 Å². The molecule has 0 aliphatic heterocycles. The van der Waals surface area contributed by atoms with E-state index in [0.717, 1.165) is 5.56 Å². The highest BCUT2D eigenvalue weighted by atomic mass is 16.7. The number of hydrogen-bond donors (Lipinski definition) is 2. The molecular formula is C13H18N2O4. The van der Waals surface area contributed by atoms with Gasteiger partial charge in [0.2, 0.25) is 6.29 Å². The smallest absolute Gasteiger partial charge is 0.326 e. The summed E-state index contributed by atoms with van der Waals surface area (Å²) in [6.07, 6.45) is -0.637. The van der Waals surface area contributed by atoms with E-state index in [1.165, 1.54) is 6.92 Å². The lowest BCUT2D eigenvalue weighted by atomic mass is 10.1. The topological polar surface area (TPSA) is 105 Å². The Hall–Kier alpha value is -1.92. The zero-order valence-corrected chi connectivity index (χ0v) is 10.7. The molecule has 0 aliphatic carbocycles. The molecule has 6 heteroatoms. The van der Waals surface area contributed by atoms with Crippen LogP contribution in [-0.4, -0.2) is 30.8 Å². The standard InChI is InChI=1S/C13H18N2O4/c1-9(18-12(16)8-14)19-13(17)11(15)7-10-5-3-2-4-6-10/h2-6,9,11H,7-8,14-15H2,1H3. The Morgan fingerprint density at radius 2 is 1.84 bits per heavy atom. The average molecular weight is 266 g/mol. The van der Waals surface area contributed by atoms with Gasteiger partial charge >= 0.3 is 11.9 Å². The lowest BCUT2D eigenvalue weighted by molar-refractivity contribution is -0.184. The molecule has 0 fully saturated rings. The molecule has 0 saturated carbocycles. The van der Waals surface area contributed by atoms with E-state index in [0.29, 0.717) is 6.42 Å². The number of benzene rings is 1. The maximum Gasteiger partial charge on any atom is 0.326 e. The fourth-order valence-electron chi connectivity index (χ4n) is 1.46. The maximum absolute atomic E-state index is 11.7. The monoisotopic (exact) mass is 266 g/mol. The molecule has 2 atom stereocenters. The molecule has 0 amide bonds. The van der Waals surface area contributed by atoms with Crippen molar-refractivity contribution < 1.29 is 19.1 Å². The van der Waals surface area contributed by atoms with Crippen LogP contribution in [0.5, 0.6) is 0 Å². The van der Waals surface area contributed by atoms with E-state index in [9.17, 15) is 9.59 Å². The number of esters is 2. The van der Waals surface area contributed by atoms with E-state index in [2.05, 4.69) is 0 Å². The SMILES string of the molecule is CC(OC(=O)CN)OC(=O)C(N)Cc1ccccc1. The van der Waals surface area contributed by atoms with Crippen LogP contribution in [0.25, 0.3) is 0 Å². The number of carbonyl (C=O) groups is 2. The Morgan fingerprint density at radius 3 is 2.42 bits per heavy atom. The van der Waals surface area contributed by atoms with Gasteiger partial charge in [0.1, 0.15) is 6.04 Å². The van der Waals surface area contributed by atoms with Crippen LogP contribution >= 0.6 is 0 Å². The predicted molar refractivity (Wildman–Crippen MR) is 68.8 cm³/mol. The molecule has 1 aromatic rings. The summed E-state index contributed by atoms with van der Waals surface area (Å²) >= 11 is 0. The van der Waals surface area contributed by atoms with Crippen LogP contribution in [0.15, 0.2) is 30.3 Å². The third-order valence-corrected chi connectivity index (χ3v) is 2.35. The Balaban J connectivity index is 2.42. The van der Waals surface area contributed by atoms with Gasteiger partial charge in [-0.05, 0) is 12.0 Å². The Bertz CT molecular complexity index is 422. The van der Waals surface area contributed by atoms with E-state index < -0.39 is 24.3 Å². The highest BCUT2D eigenvalue weighted by molar-refractivity contribution is 5.76.